The summed E-state index contributed by atoms with van der Waals surface area (Å²) in [5, 5.41) is 8.04. The molecule has 168 valence electrons. The van der Waals surface area contributed by atoms with E-state index in [0.717, 1.165) is 59.0 Å². The van der Waals surface area contributed by atoms with Crippen LogP contribution in [0.25, 0.3) is 27.9 Å². The van der Waals surface area contributed by atoms with Crippen LogP contribution in [0, 0.1) is 19.8 Å². The number of rotatable bonds is 4. The van der Waals surface area contributed by atoms with Crippen molar-refractivity contribution in [2.45, 2.75) is 53.5 Å². The predicted molar refractivity (Wildman–Crippen MR) is 130 cm³/mol. The lowest BCUT2D eigenvalue weighted by atomic mass is 9.95. The van der Waals surface area contributed by atoms with Gasteiger partial charge in [-0.25, -0.2) is 14.5 Å². The van der Waals surface area contributed by atoms with Crippen LogP contribution in [0.4, 0.5) is 5.82 Å². The van der Waals surface area contributed by atoms with Gasteiger partial charge in [-0.05, 0) is 48.9 Å². The Morgan fingerprint density at radius 2 is 1.91 bits per heavy atom. The van der Waals surface area contributed by atoms with E-state index in [0.29, 0.717) is 17.9 Å². The highest BCUT2D eigenvalue weighted by Gasteiger charge is 2.25. The molecule has 1 atom stereocenters. The Morgan fingerprint density at radius 3 is 2.66 bits per heavy atom. The number of nitrogens with zero attached hydrogens (tertiary/aromatic N) is 5. The van der Waals surface area contributed by atoms with Gasteiger partial charge in [-0.2, -0.15) is 5.10 Å². The SMILES string of the molecule is Cc1c(-c2[nH]c3ccc(N4CCN[C@@H](C(C)C)C4)nc3c2C(C)C)cn2ncnc2c1C. The minimum Gasteiger partial charge on any atom is -0.354 e. The molecule has 0 bridgehead atoms. The second-order valence-corrected chi connectivity index (χ2v) is 9.71. The fraction of sp³-hybridized carbons (Fsp3) is 0.480. The van der Waals surface area contributed by atoms with Crippen LogP contribution in [0.15, 0.2) is 24.7 Å². The zero-order valence-corrected chi connectivity index (χ0v) is 19.9. The molecule has 5 rings (SSSR count). The van der Waals surface area contributed by atoms with Gasteiger partial charge >= 0.3 is 0 Å². The van der Waals surface area contributed by atoms with Crippen molar-refractivity contribution in [3.63, 3.8) is 0 Å². The first-order valence-corrected chi connectivity index (χ1v) is 11.7. The second-order valence-electron chi connectivity index (χ2n) is 9.71. The summed E-state index contributed by atoms with van der Waals surface area (Å²) >= 11 is 0. The number of piperazine rings is 1. The monoisotopic (exact) mass is 431 g/mol. The van der Waals surface area contributed by atoms with Crippen molar-refractivity contribution in [1.82, 2.24) is 29.9 Å². The molecule has 0 aliphatic carbocycles. The zero-order valence-electron chi connectivity index (χ0n) is 19.9. The van der Waals surface area contributed by atoms with Crippen molar-refractivity contribution in [3.05, 3.63) is 41.3 Å². The molecule has 0 spiro atoms. The average Bonchev–Trinajstić information content (AvgIpc) is 3.40. The molecule has 1 fully saturated rings. The Morgan fingerprint density at radius 1 is 1.09 bits per heavy atom. The maximum Gasteiger partial charge on any atom is 0.158 e. The number of pyridine rings is 2. The highest BCUT2D eigenvalue weighted by atomic mass is 15.3. The first-order chi connectivity index (χ1) is 15.3. The molecule has 2 N–H and O–H groups in total. The molecule has 7 nitrogen and oxygen atoms in total. The van der Waals surface area contributed by atoms with Gasteiger partial charge < -0.3 is 15.2 Å². The van der Waals surface area contributed by atoms with Gasteiger partial charge in [-0.1, -0.05) is 27.7 Å². The summed E-state index contributed by atoms with van der Waals surface area (Å²) in [6, 6.07) is 4.84. The van der Waals surface area contributed by atoms with Crippen molar-refractivity contribution in [2.75, 3.05) is 24.5 Å². The van der Waals surface area contributed by atoms with Crippen LogP contribution in [0.3, 0.4) is 0 Å². The normalized spacial score (nSPS) is 17.4. The highest BCUT2D eigenvalue weighted by molar-refractivity contribution is 5.90. The fourth-order valence-corrected chi connectivity index (χ4v) is 4.91. The summed E-state index contributed by atoms with van der Waals surface area (Å²) in [5.74, 6) is 2.00. The van der Waals surface area contributed by atoms with Gasteiger partial charge in [-0.15, -0.1) is 0 Å². The number of aryl methyl sites for hydroxylation is 1. The van der Waals surface area contributed by atoms with Crippen LogP contribution >= 0.6 is 0 Å². The molecule has 0 saturated carbocycles. The summed E-state index contributed by atoms with van der Waals surface area (Å²) in [6.45, 7) is 16.3. The maximum atomic E-state index is 5.20. The van der Waals surface area contributed by atoms with E-state index >= 15 is 0 Å². The molecule has 4 aromatic heterocycles. The standard InChI is InChI=1S/C25H33N7/c1-14(2)20-12-31(10-9-26-20)21-8-7-19-24(30-21)22(15(3)4)23(29-19)18-11-32-25(27-13-28-32)17(6)16(18)5/h7-8,11,13-15,20,26,29H,9-10,12H2,1-6H3/t20-/m1/s1. The number of nitrogens with one attached hydrogen (secondary N) is 2. The van der Waals surface area contributed by atoms with E-state index in [2.05, 4.69) is 85.2 Å². The molecular formula is C25H33N7. The van der Waals surface area contributed by atoms with E-state index in [-0.39, 0.29) is 0 Å². The zero-order chi connectivity index (χ0) is 22.6. The molecule has 1 saturated heterocycles. The van der Waals surface area contributed by atoms with Crippen molar-refractivity contribution >= 4 is 22.5 Å². The molecule has 0 amide bonds. The van der Waals surface area contributed by atoms with Crippen molar-refractivity contribution < 1.29 is 0 Å². The van der Waals surface area contributed by atoms with Crippen molar-refractivity contribution in [1.29, 1.82) is 0 Å². The molecule has 32 heavy (non-hydrogen) atoms. The van der Waals surface area contributed by atoms with Crippen molar-refractivity contribution in [3.8, 4) is 11.3 Å². The van der Waals surface area contributed by atoms with E-state index < -0.39 is 0 Å². The van der Waals surface area contributed by atoms with E-state index in [4.69, 9.17) is 4.98 Å². The molecule has 0 unspecified atom stereocenters. The molecule has 1 aliphatic heterocycles. The van der Waals surface area contributed by atoms with E-state index in [1.807, 2.05) is 4.52 Å². The van der Waals surface area contributed by atoms with E-state index in [9.17, 15) is 0 Å². The Hall–Kier alpha value is -2.93. The molecule has 7 heteroatoms. The maximum absolute atomic E-state index is 5.20. The number of aromatic amines is 1. The number of fused-ring (bicyclic) bond motifs is 2. The van der Waals surface area contributed by atoms with Gasteiger partial charge in [0.05, 0.1) is 16.7 Å². The molecule has 1 aliphatic rings. The third-order valence-corrected chi connectivity index (χ3v) is 6.97. The predicted octanol–water partition coefficient (Wildman–Crippen LogP) is 4.45. The number of aromatic nitrogens is 5. The lowest BCUT2D eigenvalue weighted by Crippen LogP contribution is -2.53. The Kier molecular flexibility index (Phi) is 5.16. The third kappa shape index (κ3) is 3.35. The largest absolute Gasteiger partial charge is 0.354 e. The summed E-state index contributed by atoms with van der Waals surface area (Å²) in [5.41, 5.74) is 9.00. The summed E-state index contributed by atoms with van der Waals surface area (Å²) < 4.78 is 1.87. The molecular weight excluding hydrogens is 398 g/mol. The minimum absolute atomic E-state index is 0.332. The van der Waals surface area contributed by atoms with Crippen LogP contribution < -0.4 is 10.2 Å². The van der Waals surface area contributed by atoms with Crippen LogP contribution in [0.5, 0.6) is 0 Å². The lowest BCUT2D eigenvalue weighted by molar-refractivity contribution is 0.367. The first-order valence-electron chi connectivity index (χ1n) is 11.7. The summed E-state index contributed by atoms with van der Waals surface area (Å²) in [4.78, 5) is 15.7. The summed E-state index contributed by atoms with van der Waals surface area (Å²) in [7, 11) is 0. The van der Waals surface area contributed by atoms with Gasteiger partial charge in [0.15, 0.2) is 5.65 Å². The van der Waals surface area contributed by atoms with E-state index in [1.54, 1.807) is 6.33 Å². The van der Waals surface area contributed by atoms with Crippen LogP contribution in [0.1, 0.15) is 50.3 Å². The smallest absolute Gasteiger partial charge is 0.158 e. The quantitative estimate of drug-likeness (QED) is 0.499. The van der Waals surface area contributed by atoms with Gasteiger partial charge in [0.2, 0.25) is 0 Å². The Balaban J connectivity index is 1.64. The van der Waals surface area contributed by atoms with Gasteiger partial charge in [-0.3, -0.25) is 0 Å². The average molecular weight is 432 g/mol. The topological polar surface area (TPSA) is 74.1 Å². The first kappa shape index (κ1) is 20.9. The third-order valence-electron chi connectivity index (χ3n) is 6.97. The Bertz CT molecular complexity index is 1280. The van der Waals surface area contributed by atoms with Gasteiger partial charge in [0.1, 0.15) is 12.1 Å². The summed E-state index contributed by atoms with van der Waals surface area (Å²) in [6.07, 6.45) is 3.71. The fourth-order valence-electron chi connectivity index (χ4n) is 4.91. The van der Waals surface area contributed by atoms with Crippen LogP contribution in [0.2, 0.25) is 0 Å². The number of hydrogen-bond acceptors (Lipinski definition) is 5. The molecule has 5 heterocycles. The molecule has 0 radical (unpaired) electrons. The lowest BCUT2D eigenvalue weighted by Gasteiger charge is -2.36. The van der Waals surface area contributed by atoms with Crippen LogP contribution in [-0.4, -0.2) is 50.2 Å². The van der Waals surface area contributed by atoms with Crippen LogP contribution in [-0.2, 0) is 0 Å². The number of anilines is 1. The van der Waals surface area contributed by atoms with Gasteiger partial charge in [0.25, 0.3) is 0 Å². The second kappa shape index (κ2) is 7.89. The molecule has 4 aromatic rings. The highest BCUT2D eigenvalue weighted by Crippen LogP contribution is 2.38. The van der Waals surface area contributed by atoms with Gasteiger partial charge in [0, 0.05) is 43.0 Å². The number of hydrogen-bond donors (Lipinski definition) is 2. The number of H-pyrrole nitrogens is 1. The van der Waals surface area contributed by atoms with E-state index in [1.165, 1.54) is 11.1 Å². The Labute approximate surface area is 189 Å². The minimum atomic E-state index is 0.332. The molecule has 0 aromatic carbocycles. The van der Waals surface area contributed by atoms with Crippen molar-refractivity contribution in [2.24, 2.45) is 5.92 Å².